The van der Waals surface area contributed by atoms with E-state index in [0.29, 0.717) is 5.56 Å². The van der Waals surface area contributed by atoms with Crippen LogP contribution in [0.15, 0.2) is 48.7 Å². The molecule has 0 aliphatic heterocycles. The number of aromatic amines is 1. The molecule has 8 heteroatoms. The topological polar surface area (TPSA) is 102 Å². The van der Waals surface area contributed by atoms with Gasteiger partial charge in [-0.3, -0.25) is 14.9 Å². The lowest BCUT2D eigenvalue weighted by Gasteiger charge is -2.12. The van der Waals surface area contributed by atoms with E-state index < -0.39 is 22.7 Å². The smallest absolute Gasteiger partial charge is 0.339 e. The molecule has 2 aromatic carbocycles. The van der Waals surface area contributed by atoms with Crippen molar-refractivity contribution in [1.29, 1.82) is 0 Å². The predicted molar refractivity (Wildman–Crippen MR) is 95.6 cm³/mol. The van der Waals surface area contributed by atoms with E-state index in [-0.39, 0.29) is 16.4 Å². The van der Waals surface area contributed by atoms with Crippen LogP contribution in [0.3, 0.4) is 0 Å². The van der Waals surface area contributed by atoms with Crippen LogP contribution in [-0.2, 0) is 4.74 Å². The van der Waals surface area contributed by atoms with Crippen LogP contribution in [0.1, 0.15) is 27.6 Å². The molecule has 0 amide bonds. The molecule has 3 aromatic rings. The molecular weight excluding hydrogens is 360 g/mol. The predicted octanol–water partition coefficient (Wildman–Crippen LogP) is 4.16. The molecule has 0 fully saturated rings. The molecule has 3 rings (SSSR count). The Labute approximate surface area is 152 Å². The monoisotopic (exact) mass is 372 g/mol. The fourth-order valence-electron chi connectivity index (χ4n) is 2.56. The molecule has 1 heterocycles. The first-order chi connectivity index (χ1) is 12.4. The third kappa shape index (κ3) is 3.29. The number of nitrogens with one attached hydrogen (secondary N) is 1. The standard InChI is InChI=1S/C18H13ClN2O5/c1-10(17(22)13-9-20-15-5-3-2-4-12(13)15)26-18(23)11-6-7-14(19)16(8-11)21(24)25/h2-10,20H,1H3/t10-/m0/s1. The molecule has 0 saturated carbocycles. The number of ketones is 1. The summed E-state index contributed by atoms with van der Waals surface area (Å²) in [6.45, 7) is 1.45. The average Bonchev–Trinajstić information content (AvgIpc) is 3.05. The largest absolute Gasteiger partial charge is 0.451 e. The number of rotatable bonds is 5. The zero-order valence-electron chi connectivity index (χ0n) is 13.6. The SMILES string of the molecule is C[C@H](OC(=O)c1ccc(Cl)c([N+](=O)[O-])c1)C(=O)c1c[nH]c2ccccc12. The molecule has 1 atom stereocenters. The van der Waals surface area contributed by atoms with Crippen LogP contribution >= 0.6 is 11.6 Å². The maximum absolute atomic E-state index is 12.6. The van der Waals surface area contributed by atoms with Gasteiger partial charge in [-0.25, -0.2) is 4.79 Å². The van der Waals surface area contributed by atoms with Crippen molar-refractivity contribution in [2.24, 2.45) is 0 Å². The van der Waals surface area contributed by atoms with E-state index in [1.807, 2.05) is 12.1 Å². The van der Waals surface area contributed by atoms with Gasteiger partial charge in [0.2, 0.25) is 5.78 Å². The maximum Gasteiger partial charge on any atom is 0.339 e. The summed E-state index contributed by atoms with van der Waals surface area (Å²) in [6.07, 6.45) is 0.501. The van der Waals surface area contributed by atoms with E-state index in [9.17, 15) is 19.7 Å². The van der Waals surface area contributed by atoms with Crippen LogP contribution in [0.5, 0.6) is 0 Å². The highest BCUT2D eigenvalue weighted by molar-refractivity contribution is 6.32. The molecule has 0 aliphatic rings. The number of benzene rings is 2. The molecule has 1 aromatic heterocycles. The van der Waals surface area contributed by atoms with Crippen molar-refractivity contribution < 1.29 is 19.2 Å². The Morgan fingerprint density at radius 3 is 2.69 bits per heavy atom. The number of nitrogens with zero attached hydrogens (tertiary/aromatic N) is 1. The number of H-pyrrole nitrogens is 1. The molecular formula is C18H13ClN2O5. The number of nitro benzene ring substituents is 1. The zero-order chi connectivity index (χ0) is 18.8. The fraction of sp³-hybridized carbons (Fsp3) is 0.111. The van der Waals surface area contributed by atoms with E-state index in [2.05, 4.69) is 4.98 Å². The van der Waals surface area contributed by atoms with Crippen LogP contribution in [0.2, 0.25) is 5.02 Å². The van der Waals surface area contributed by atoms with Crippen molar-refractivity contribution in [2.75, 3.05) is 0 Å². The highest BCUT2D eigenvalue weighted by Gasteiger charge is 2.24. The summed E-state index contributed by atoms with van der Waals surface area (Å²) < 4.78 is 5.18. The number of para-hydroxylation sites is 1. The van der Waals surface area contributed by atoms with E-state index >= 15 is 0 Å². The van der Waals surface area contributed by atoms with Gasteiger partial charge in [0.25, 0.3) is 5.69 Å². The summed E-state index contributed by atoms with van der Waals surface area (Å²) in [7, 11) is 0. The molecule has 0 saturated heterocycles. The summed E-state index contributed by atoms with van der Waals surface area (Å²) in [5, 5.41) is 11.6. The number of Topliss-reactive ketones (excluding diaryl/α,β-unsaturated/α-hetero) is 1. The van der Waals surface area contributed by atoms with Gasteiger partial charge in [0.1, 0.15) is 5.02 Å². The third-order valence-corrected chi connectivity index (χ3v) is 4.21. The normalized spacial score (nSPS) is 11.9. The molecule has 0 spiro atoms. The molecule has 1 N–H and O–H groups in total. The van der Waals surface area contributed by atoms with Gasteiger partial charge in [-0.15, -0.1) is 0 Å². The summed E-state index contributed by atoms with van der Waals surface area (Å²) >= 11 is 5.72. The van der Waals surface area contributed by atoms with Gasteiger partial charge in [-0.2, -0.15) is 0 Å². The Bertz CT molecular complexity index is 1030. The van der Waals surface area contributed by atoms with Crippen LogP contribution in [0.25, 0.3) is 10.9 Å². The molecule has 132 valence electrons. The number of hydrogen-bond donors (Lipinski definition) is 1. The highest BCUT2D eigenvalue weighted by atomic mass is 35.5. The Hall–Kier alpha value is -3.19. The first-order valence-corrected chi connectivity index (χ1v) is 8.01. The molecule has 0 aliphatic carbocycles. The van der Waals surface area contributed by atoms with Crippen molar-refractivity contribution in [1.82, 2.24) is 4.98 Å². The molecule has 26 heavy (non-hydrogen) atoms. The van der Waals surface area contributed by atoms with Crippen molar-refractivity contribution in [2.45, 2.75) is 13.0 Å². The minimum atomic E-state index is -1.06. The lowest BCUT2D eigenvalue weighted by atomic mass is 10.1. The van der Waals surface area contributed by atoms with Crippen molar-refractivity contribution >= 4 is 39.9 Å². The number of aromatic nitrogens is 1. The van der Waals surface area contributed by atoms with E-state index in [4.69, 9.17) is 16.3 Å². The molecule has 0 radical (unpaired) electrons. The van der Waals surface area contributed by atoms with Crippen LogP contribution in [0.4, 0.5) is 5.69 Å². The first-order valence-electron chi connectivity index (χ1n) is 7.63. The summed E-state index contributed by atoms with van der Waals surface area (Å²) in [4.78, 5) is 38.0. The van der Waals surface area contributed by atoms with Gasteiger partial charge in [0.05, 0.1) is 10.5 Å². The minimum Gasteiger partial charge on any atom is -0.451 e. The second kappa shape index (κ2) is 6.97. The minimum absolute atomic E-state index is 0.0559. The Kier molecular flexibility index (Phi) is 4.73. The van der Waals surface area contributed by atoms with Crippen molar-refractivity contribution in [3.63, 3.8) is 0 Å². The van der Waals surface area contributed by atoms with Crippen molar-refractivity contribution in [3.05, 3.63) is 74.9 Å². The number of ether oxygens (including phenoxy) is 1. The fourth-order valence-corrected chi connectivity index (χ4v) is 2.74. The second-order valence-electron chi connectivity index (χ2n) is 5.58. The van der Waals surface area contributed by atoms with E-state index in [1.54, 1.807) is 18.3 Å². The number of fused-ring (bicyclic) bond motifs is 1. The first kappa shape index (κ1) is 17.6. The van der Waals surface area contributed by atoms with Crippen LogP contribution < -0.4 is 0 Å². The van der Waals surface area contributed by atoms with Gasteiger partial charge in [-0.05, 0) is 25.1 Å². The van der Waals surface area contributed by atoms with Crippen LogP contribution in [-0.4, -0.2) is 27.8 Å². The van der Waals surface area contributed by atoms with Crippen molar-refractivity contribution in [3.8, 4) is 0 Å². The number of esters is 1. The number of carbonyl (C=O) groups is 2. The van der Waals surface area contributed by atoms with Gasteiger partial charge >= 0.3 is 5.97 Å². The summed E-state index contributed by atoms with van der Waals surface area (Å²) in [5.74, 6) is -1.22. The molecule has 0 unspecified atom stereocenters. The number of halogens is 1. The Balaban J connectivity index is 1.80. The number of carbonyl (C=O) groups excluding carboxylic acids is 2. The quantitative estimate of drug-likeness (QED) is 0.313. The van der Waals surface area contributed by atoms with E-state index in [1.165, 1.54) is 19.1 Å². The number of hydrogen-bond acceptors (Lipinski definition) is 5. The Morgan fingerprint density at radius 1 is 1.23 bits per heavy atom. The average molecular weight is 373 g/mol. The highest BCUT2D eigenvalue weighted by Crippen LogP contribution is 2.26. The molecule has 7 nitrogen and oxygen atoms in total. The maximum atomic E-state index is 12.6. The third-order valence-electron chi connectivity index (χ3n) is 3.89. The van der Waals surface area contributed by atoms with Gasteiger partial charge < -0.3 is 9.72 Å². The van der Waals surface area contributed by atoms with E-state index in [0.717, 1.165) is 17.0 Å². The molecule has 0 bridgehead atoms. The van der Waals surface area contributed by atoms with Gasteiger partial charge in [0, 0.05) is 28.7 Å². The lowest BCUT2D eigenvalue weighted by molar-refractivity contribution is -0.384. The zero-order valence-corrected chi connectivity index (χ0v) is 14.3. The second-order valence-corrected chi connectivity index (χ2v) is 5.99. The summed E-state index contributed by atoms with van der Waals surface area (Å²) in [5.41, 5.74) is 0.738. The van der Waals surface area contributed by atoms with Gasteiger partial charge in [-0.1, -0.05) is 29.8 Å². The summed E-state index contributed by atoms with van der Waals surface area (Å²) in [6, 6.07) is 10.8. The Morgan fingerprint density at radius 2 is 1.96 bits per heavy atom. The lowest BCUT2D eigenvalue weighted by Crippen LogP contribution is -2.24. The van der Waals surface area contributed by atoms with Gasteiger partial charge in [0.15, 0.2) is 6.10 Å². The van der Waals surface area contributed by atoms with Crippen LogP contribution in [0, 0.1) is 10.1 Å². The number of nitro groups is 1.